The molecule has 0 aliphatic carbocycles. The Hall–Kier alpha value is -3.17. The van der Waals surface area contributed by atoms with E-state index < -0.39 is 11.6 Å². The van der Waals surface area contributed by atoms with Crippen LogP contribution >= 0.6 is 11.6 Å². The van der Waals surface area contributed by atoms with Crippen LogP contribution in [0.5, 0.6) is 0 Å². The molecule has 4 heteroatoms. The van der Waals surface area contributed by atoms with Crippen molar-refractivity contribution in [1.29, 1.82) is 0 Å². The number of rotatable bonds is 2. The van der Waals surface area contributed by atoms with Gasteiger partial charge in [0.2, 0.25) is 0 Å². The molecule has 0 saturated heterocycles. The first-order chi connectivity index (χ1) is 13.6. The lowest BCUT2D eigenvalue weighted by atomic mass is 10.1. The highest BCUT2D eigenvalue weighted by Crippen LogP contribution is 2.35. The van der Waals surface area contributed by atoms with Gasteiger partial charge in [-0.3, -0.25) is 0 Å². The predicted octanol–water partition coefficient (Wildman–Crippen LogP) is 7.38. The molecule has 0 bridgehead atoms. The number of halogens is 3. The highest BCUT2D eigenvalue weighted by Gasteiger charge is 2.17. The molecular formula is C24H14ClF2N. The molecule has 28 heavy (non-hydrogen) atoms. The van der Waals surface area contributed by atoms with Gasteiger partial charge < -0.3 is 4.57 Å². The second-order valence-corrected chi connectivity index (χ2v) is 7.13. The lowest BCUT2D eigenvalue weighted by Crippen LogP contribution is -1.95. The van der Waals surface area contributed by atoms with Gasteiger partial charge in [0, 0.05) is 27.5 Å². The minimum atomic E-state index is -0.597. The standard InChI is InChI=1S/C24H14ClF2N/c25-17-7-3-5-15(11-17)16-6-4-8-19(12-16)28-22-10-2-1-9-20(22)24-21(27)13-18(26)14-23(24)28/h1-14H. The summed E-state index contributed by atoms with van der Waals surface area (Å²) in [4.78, 5) is 0. The summed E-state index contributed by atoms with van der Waals surface area (Å²) >= 11 is 6.14. The van der Waals surface area contributed by atoms with Gasteiger partial charge in [0.25, 0.3) is 0 Å². The summed E-state index contributed by atoms with van der Waals surface area (Å²) in [6, 6.07) is 25.3. The first kappa shape index (κ1) is 17.0. The molecule has 0 spiro atoms. The first-order valence-electron chi connectivity index (χ1n) is 8.86. The molecule has 1 nitrogen and oxygen atoms in total. The van der Waals surface area contributed by atoms with Gasteiger partial charge in [-0.05, 0) is 47.5 Å². The van der Waals surface area contributed by atoms with Crippen molar-refractivity contribution >= 4 is 33.4 Å². The average molecular weight is 390 g/mol. The van der Waals surface area contributed by atoms with Crippen molar-refractivity contribution in [3.05, 3.63) is 102 Å². The smallest absolute Gasteiger partial charge is 0.136 e. The molecular weight excluding hydrogens is 376 g/mol. The number of fused-ring (bicyclic) bond motifs is 3. The first-order valence-corrected chi connectivity index (χ1v) is 9.24. The van der Waals surface area contributed by atoms with Crippen LogP contribution in [0.3, 0.4) is 0 Å². The van der Waals surface area contributed by atoms with Gasteiger partial charge in [-0.15, -0.1) is 0 Å². The maximum Gasteiger partial charge on any atom is 0.136 e. The predicted molar refractivity (Wildman–Crippen MR) is 111 cm³/mol. The number of aromatic nitrogens is 1. The van der Waals surface area contributed by atoms with Gasteiger partial charge in [0.15, 0.2) is 0 Å². The van der Waals surface area contributed by atoms with Crippen molar-refractivity contribution in [2.45, 2.75) is 0 Å². The molecule has 0 aliphatic rings. The summed E-state index contributed by atoms with van der Waals surface area (Å²) in [5, 5.41) is 1.83. The topological polar surface area (TPSA) is 4.93 Å². The fourth-order valence-corrected chi connectivity index (χ4v) is 3.97. The van der Waals surface area contributed by atoms with Crippen molar-refractivity contribution in [2.75, 3.05) is 0 Å². The Labute approximate surface area is 165 Å². The molecule has 0 N–H and O–H groups in total. The maximum absolute atomic E-state index is 14.6. The molecule has 0 amide bonds. The summed E-state index contributed by atoms with van der Waals surface area (Å²) in [7, 11) is 0. The summed E-state index contributed by atoms with van der Waals surface area (Å²) in [6.07, 6.45) is 0. The quantitative estimate of drug-likeness (QED) is 0.297. The Balaban J connectivity index is 1.83. The van der Waals surface area contributed by atoms with Gasteiger partial charge in [0.05, 0.1) is 11.0 Å². The van der Waals surface area contributed by atoms with Crippen LogP contribution in [-0.2, 0) is 0 Å². The van der Waals surface area contributed by atoms with Crippen LogP contribution < -0.4 is 0 Å². The van der Waals surface area contributed by atoms with E-state index in [1.165, 1.54) is 6.07 Å². The van der Waals surface area contributed by atoms with Crippen LogP contribution in [0.15, 0.2) is 84.9 Å². The van der Waals surface area contributed by atoms with Crippen molar-refractivity contribution < 1.29 is 8.78 Å². The lowest BCUT2D eigenvalue weighted by Gasteiger charge is -2.10. The van der Waals surface area contributed by atoms with Gasteiger partial charge in [-0.25, -0.2) is 8.78 Å². The second kappa shape index (κ2) is 6.47. The fourth-order valence-electron chi connectivity index (χ4n) is 3.78. The zero-order valence-electron chi connectivity index (χ0n) is 14.7. The lowest BCUT2D eigenvalue weighted by molar-refractivity contribution is 0.592. The summed E-state index contributed by atoms with van der Waals surface area (Å²) in [6.45, 7) is 0. The van der Waals surface area contributed by atoms with E-state index in [1.54, 1.807) is 0 Å². The molecule has 1 heterocycles. The number of para-hydroxylation sites is 1. The molecule has 0 fully saturated rings. The minimum absolute atomic E-state index is 0.421. The Morgan fingerprint density at radius 1 is 0.679 bits per heavy atom. The van der Waals surface area contributed by atoms with E-state index in [2.05, 4.69) is 0 Å². The van der Waals surface area contributed by atoms with Gasteiger partial charge >= 0.3 is 0 Å². The van der Waals surface area contributed by atoms with Crippen LogP contribution in [0.2, 0.25) is 5.02 Å². The maximum atomic E-state index is 14.6. The summed E-state index contributed by atoms with van der Waals surface area (Å²) in [5.74, 6) is -1.16. The van der Waals surface area contributed by atoms with Crippen molar-refractivity contribution in [3.8, 4) is 16.8 Å². The second-order valence-electron chi connectivity index (χ2n) is 6.69. The number of hydrogen-bond acceptors (Lipinski definition) is 0. The summed E-state index contributed by atoms with van der Waals surface area (Å²) in [5.41, 5.74) is 4.11. The largest absolute Gasteiger partial charge is 0.309 e. The van der Waals surface area contributed by atoms with E-state index in [0.29, 0.717) is 15.9 Å². The normalized spacial score (nSPS) is 11.4. The molecule has 0 radical (unpaired) electrons. The Kier molecular flexibility index (Phi) is 3.92. The van der Waals surface area contributed by atoms with Gasteiger partial charge in [-0.1, -0.05) is 54.1 Å². The van der Waals surface area contributed by atoms with Crippen LogP contribution in [0.4, 0.5) is 8.78 Å². The van der Waals surface area contributed by atoms with Crippen molar-refractivity contribution in [1.82, 2.24) is 4.57 Å². The Morgan fingerprint density at radius 2 is 1.43 bits per heavy atom. The highest BCUT2D eigenvalue weighted by atomic mass is 35.5. The zero-order chi connectivity index (χ0) is 19.3. The van der Waals surface area contributed by atoms with Crippen LogP contribution in [0, 0.1) is 11.6 Å². The van der Waals surface area contributed by atoms with E-state index in [-0.39, 0.29) is 0 Å². The SMILES string of the molecule is Fc1cc(F)c2c3ccccc3n(-c3cccc(-c4cccc(Cl)c4)c3)c2c1. The average Bonchev–Trinajstić information content (AvgIpc) is 3.02. The van der Waals surface area contributed by atoms with Crippen LogP contribution in [-0.4, -0.2) is 4.57 Å². The highest BCUT2D eigenvalue weighted by molar-refractivity contribution is 6.30. The molecule has 0 atom stereocenters. The summed E-state index contributed by atoms with van der Waals surface area (Å²) < 4.78 is 30.6. The van der Waals surface area contributed by atoms with Crippen molar-refractivity contribution in [2.24, 2.45) is 0 Å². The molecule has 136 valence electrons. The molecule has 5 rings (SSSR count). The van der Waals surface area contributed by atoms with Crippen LogP contribution in [0.1, 0.15) is 0 Å². The minimum Gasteiger partial charge on any atom is -0.309 e. The van der Waals surface area contributed by atoms with E-state index in [9.17, 15) is 8.78 Å². The molecule has 5 aromatic rings. The monoisotopic (exact) mass is 389 g/mol. The number of nitrogens with zero attached hydrogens (tertiary/aromatic N) is 1. The fraction of sp³-hybridized carbons (Fsp3) is 0. The van der Waals surface area contributed by atoms with Crippen molar-refractivity contribution in [3.63, 3.8) is 0 Å². The van der Waals surface area contributed by atoms with Gasteiger partial charge in [0.1, 0.15) is 11.6 Å². The van der Waals surface area contributed by atoms with E-state index >= 15 is 0 Å². The number of hydrogen-bond donors (Lipinski definition) is 0. The molecule has 0 saturated carbocycles. The number of benzene rings is 4. The molecule has 0 unspecified atom stereocenters. The molecule has 1 aromatic heterocycles. The molecule has 0 aliphatic heterocycles. The van der Waals surface area contributed by atoms with Crippen LogP contribution in [0.25, 0.3) is 38.6 Å². The third-order valence-corrected chi connectivity index (χ3v) is 5.19. The Bertz CT molecular complexity index is 1350. The van der Waals surface area contributed by atoms with E-state index in [0.717, 1.165) is 33.8 Å². The zero-order valence-corrected chi connectivity index (χ0v) is 15.4. The van der Waals surface area contributed by atoms with E-state index in [1.807, 2.05) is 77.4 Å². The third kappa shape index (κ3) is 2.67. The van der Waals surface area contributed by atoms with E-state index in [4.69, 9.17) is 11.6 Å². The molecule has 4 aromatic carbocycles. The van der Waals surface area contributed by atoms with Gasteiger partial charge in [-0.2, -0.15) is 0 Å². The Morgan fingerprint density at radius 3 is 2.25 bits per heavy atom. The third-order valence-electron chi connectivity index (χ3n) is 4.95.